The van der Waals surface area contributed by atoms with Gasteiger partial charge in [-0.25, -0.2) is 0 Å². The predicted octanol–water partition coefficient (Wildman–Crippen LogP) is 3.68. The van der Waals surface area contributed by atoms with E-state index in [2.05, 4.69) is 55.6 Å². The van der Waals surface area contributed by atoms with Crippen molar-refractivity contribution in [3.8, 4) is 0 Å². The molecule has 0 fully saturated rings. The average Bonchev–Trinajstić information content (AvgIpc) is 2.41. The van der Waals surface area contributed by atoms with Gasteiger partial charge in [-0.3, -0.25) is 0 Å². The molecule has 0 atom stereocenters. The minimum Gasteiger partial charge on any atom is -0.399 e. The van der Waals surface area contributed by atoms with Gasteiger partial charge < -0.3 is 11.1 Å². The van der Waals surface area contributed by atoms with Gasteiger partial charge in [0.1, 0.15) is 0 Å². The fourth-order valence-corrected chi connectivity index (χ4v) is 2.01. The molecule has 0 aliphatic rings. The second kappa shape index (κ2) is 6.39. The number of hydrogen-bond donors (Lipinski definition) is 2. The number of nitrogens with two attached hydrogens (primary N) is 1. The Morgan fingerprint density at radius 3 is 1.79 bits per heavy atom. The highest BCUT2D eigenvalue weighted by Gasteiger charge is 1.99. The first-order valence-corrected chi connectivity index (χ1v) is 6.79. The van der Waals surface area contributed by atoms with Gasteiger partial charge in [0.25, 0.3) is 0 Å². The lowest BCUT2D eigenvalue weighted by Crippen LogP contribution is -2.12. The number of nitrogen functional groups attached to an aromatic ring is 1. The SMILES string of the molecule is CC(C)c1ccc(CNCc2ccc(N)cc2)cc1. The summed E-state index contributed by atoms with van der Waals surface area (Å²) in [4.78, 5) is 0. The van der Waals surface area contributed by atoms with Crippen LogP contribution in [0.1, 0.15) is 36.5 Å². The summed E-state index contributed by atoms with van der Waals surface area (Å²) in [6.07, 6.45) is 0. The van der Waals surface area contributed by atoms with Crippen molar-refractivity contribution in [3.05, 3.63) is 65.2 Å². The Hall–Kier alpha value is -1.80. The highest BCUT2D eigenvalue weighted by Crippen LogP contribution is 2.14. The van der Waals surface area contributed by atoms with Crippen molar-refractivity contribution in [2.75, 3.05) is 5.73 Å². The van der Waals surface area contributed by atoms with Crippen molar-refractivity contribution in [1.82, 2.24) is 5.32 Å². The Balaban J connectivity index is 1.83. The van der Waals surface area contributed by atoms with Crippen molar-refractivity contribution in [3.63, 3.8) is 0 Å². The van der Waals surface area contributed by atoms with Crippen LogP contribution in [-0.2, 0) is 13.1 Å². The van der Waals surface area contributed by atoms with Crippen LogP contribution in [0.4, 0.5) is 5.69 Å². The molecule has 0 aliphatic heterocycles. The van der Waals surface area contributed by atoms with Crippen molar-refractivity contribution in [2.45, 2.75) is 32.9 Å². The van der Waals surface area contributed by atoms with Crippen molar-refractivity contribution < 1.29 is 0 Å². The molecule has 3 N–H and O–H groups in total. The van der Waals surface area contributed by atoms with Crippen LogP contribution in [0.3, 0.4) is 0 Å². The molecular weight excluding hydrogens is 232 g/mol. The molecule has 0 radical (unpaired) electrons. The summed E-state index contributed by atoms with van der Waals surface area (Å²) in [6.45, 7) is 6.19. The van der Waals surface area contributed by atoms with Crippen LogP contribution in [0, 0.1) is 0 Å². The van der Waals surface area contributed by atoms with Crippen LogP contribution in [0.5, 0.6) is 0 Å². The van der Waals surface area contributed by atoms with Gasteiger partial charge in [0.2, 0.25) is 0 Å². The van der Waals surface area contributed by atoms with E-state index in [1.54, 1.807) is 0 Å². The number of benzene rings is 2. The smallest absolute Gasteiger partial charge is 0.0314 e. The highest BCUT2D eigenvalue weighted by atomic mass is 14.8. The molecule has 0 heterocycles. The van der Waals surface area contributed by atoms with E-state index in [0.29, 0.717) is 5.92 Å². The second-order valence-electron chi connectivity index (χ2n) is 5.24. The monoisotopic (exact) mass is 254 g/mol. The Morgan fingerprint density at radius 2 is 1.32 bits per heavy atom. The summed E-state index contributed by atoms with van der Waals surface area (Å²) in [5, 5.41) is 3.45. The first kappa shape index (κ1) is 13.6. The summed E-state index contributed by atoms with van der Waals surface area (Å²) < 4.78 is 0. The first-order valence-electron chi connectivity index (χ1n) is 6.79. The molecule has 0 aliphatic carbocycles. The van der Waals surface area contributed by atoms with Gasteiger partial charge in [-0.1, -0.05) is 50.2 Å². The summed E-state index contributed by atoms with van der Waals surface area (Å²) in [6, 6.07) is 16.8. The fourth-order valence-electron chi connectivity index (χ4n) is 2.01. The standard InChI is InChI=1S/C17H22N2/c1-13(2)16-7-3-14(4-8-16)11-19-12-15-5-9-17(18)10-6-15/h3-10,13,19H,11-12,18H2,1-2H3. The van der Waals surface area contributed by atoms with E-state index in [1.165, 1.54) is 16.7 Å². The lowest BCUT2D eigenvalue weighted by molar-refractivity contribution is 0.693. The zero-order chi connectivity index (χ0) is 13.7. The Morgan fingerprint density at radius 1 is 0.842 bits per heavy atom. The molecule has 0 amide bonds. The van der Waals surface area contributed by atoms with Crippen LogP contribution in [-0.4, -0.2) is 0 Å². The minimum atomic E-state index is 0.594. The molecule has 2 aromatic carbocycles. The third kappa shape index (κ3) is 4.11. The average molecular weight is 254 g/mol. The van der Waals surface area contributed by atoms with Crippen LogP contribution in [0.2, 0.25) is 0 Å². The number of nitrogens with one attached hydrogen (secondary N) is 1. The van der Waals surface area contributed by atoms with Gasteiger partial charge in [-0.15, -0.1) is 0 Å². The lowest BCUT2D eigenvalue weighted by atomic mass is 10.0. The minimum absolute atomic E-state index is 0.594. The summed E-state index contributed by atoms with van der Waals surface area (Å²) in [7, 11) is 0. The van der Waals surface area contributed by atoms with E-state index in [4.69, 9.17) is 5.73 Å². The summed E-state index contributed by atoms with van der Waals surface area (Å²) in [5.74, 6) is 0.594. The summed E-state index contributed by atoms with van der Waals surface area (Å²) >= 11 is 0. The number of rotatable bonds is 5. The molecule has 19 heavy (non-hydrogen) atoms. The maximum absolute atomic E-state index is 5.66. The van der Waals surface area contributed by atoms with E-state index in [9.17, 15) is 0 Å². The number of hydrogen-bond acceptors (Lipinski definition) is 2. The van der Waals surface area contributed by atoms with Gasteiger partial charge in [0, 0.05) is 18.8 Å². The van der Waals surface area contributed by atoms with Crippen LogP contribution in [0.25, 0.3) is 0 Å². The lowest BCUT2D eigenvalue weighted by Gasteiger charge is -2.08. The third-order valence-corrected chi connectivity index (χ3v) is 3.28. The molecule has 0 bridgehead atoms. The third-order valence-electron chi connectivity index (χ3n) is 3.28. The molecule has 0 spiro atoms. The molecule has 2 aromatic rings. The zero-order valence-corrected chi connectivity index (χ0v) is 11.7. The van der Waals surface area contributed by atoms with Crippen molar-refractivity contribution >= 4 is 5.69 Å². The molecule has 0 saturated heterocycles. The molecule has 100 valence electrons. The molecule has 2 heteroatoms. The highest BCUT2D eigenvalue weighted by molar-refractivity contribution is 5.39. The van der Waals surface area contributed by atoms with Crippen molar-refractivity contribution in [1.29, 1.82) is 0 Å². The van der Waals surface area contributed by atoms with Gasteiger partial charge in [-0.2, -0.15) is 0 Å². The molecule has 0 unspecified atom stereocenters. The Kier molecular flexibility index (Phi) is 4.58. The Labute approximate surface area is 115 Å². The molecule has 0 saturated carbocycles. The van der Waals surface area contributed by atoms with Gasteiger partial charge in [0.15, 0.2) is 0 Å². The fraction of sp³-hybridized carbons (Fsp3) is 0.294. The Bertz CT molecular complexity index is 498. The molecule has 2 nitrogen and oxygen atoms in total. The second-order valence-corrected chi connectivity index (χ2v) is 5.24. The first-order chi connectivity index (χ1) is 9.15. The summed E-state index contributed by atoms with van der Waals surface area (Å²) in [5.41, 5.74) is 10.4. The van der Waals surface area contributed by atoms with Gasteiger partial charge in [-0.05, 0) is 34.7 Å². The molecular formula is C17H22N2. The van der Waals surface area contributed by atoms with Crippen LogP contribution in [0.15, 0.2) is 48.5 Å². The maximum atomic E-state index is 5.66. The van der Waals surface area contributed by atoms with Gasteiger partial charge in [0.05, 0.1) is 0 Å². The van der Waals surface area contributed by atoms with E-state index in [0.717, 1.165) is 18.8 Å². The van der Waals surface area contributed by atoms with E-state index >= 15 is 0 Å². The normalized spacial score (nSPS) is 10.9. The van der Waals surface area contributed by atoms with Crippen LogP contribution >= 0.6 is 0 Å². The number of anilines is 1. The van der Waals surface area contributed by atoms with E-state index < -0.39 is 0 Å². The topological polar surface area (TPSA) is 38.0 Å². The van der Waals surface area contributed by atoms with Crippen LogP contribution < -0.4 is 11.1 Å². The van der Waals surface area contributed by atoms with E-state index in [-0.39, 0.29) is 0 Å². The maximum Gasteiger partial charge on any atom is 0.0314 e. The zero-order valence-electron chi connectivity index (χ0n) is 11.7. The predicted molar refractivity (Wildman–Crippen MR) is 81.9 cm³/mol. The molecule has 0 aromatic heterocycles. The quantitative estimate of drug-likeness (QED) is 0.799. The van der Waals surface area contributed by atoms with Gasteiger partial charge >= 0.3 is 0 Å². The van der Waals surface area contributed by atoms with Crippen molar-refractivity contribution in [2.24, 2.45) is 0 Å². The van der Waals surface area contributed by atoms with E-state index in [1.807, 2.05) is 12.1 Å². The largest absolute Gasteiger partial charge is 0.399 e. The molecule has 2 rings (SSSR count).